The van der Waals surface area contributed by atoms with Crippen LogP contribution in [0.25, 0.3) is 0 Å². The summed E-state index contributed by atoms with van der Waals surface area (Å²) < 4.78 is 18.7. The Hall–Kier alpha value is -3.15. The third kappa shape index (κ3) is 4.69. The molecule has 0 saturated carbocycles. The molecule has 3 rings (SSSR count). The molecule has 2 N–H and O–H groups in total. The van der Waals surface area contributed by atoms with Crippen molar-refractivity contribution >= 4 is 17.3 Å². The third-order valence-electron chi connectivity index (χ3n) is 3.83. The molecule has 3 aromatic rings. The van der Waals surface area contributed by atoms with Crippen LogP contribution in [0.2, 0.25) is 0 Å². The van der Waals surface area contributed by atoms with E-state index in [1.165, 1.54) is 12.1 Å². The van der Waals surface area contributed by atoms with Crippen molar-refractivity contribution in [1.82, 2.24) is 9.97 Å². The third-order valence-corrected chi connectivity index (χ3v) is 3.83. The van der Waals surface area contributed by atoms with Crippen LogP contribution < -0.4 is 15.4 Å². The Kier molecular flexibility index (Phi) is 5.63. The molecule has 0 aliphatic heterocycles. The SMILES string of the molecule is COc1ccccc1CCNc1cc(Nc2cccc(F)c2)nc(C)n1. The Bertz CT molecular complexity index is 885. The first kappa shape index (κ1) is 17.7. The standard InChI is InChI=1S/C20H21FN4O/c1-14-23-19(22-11-10-15-6-3-4-9-18(15)26-2)13-20(24-14)25-17-8-5-7-16(21)12-17/h3-9,12-13H,10-11H2,1-2H3,(H2,22,23,24,25). The normalized spacial score (nSPS) is 10.4. The van der Waals surface area contributed by atoms with E-state index in [1.807, 2.05) is 31.2 Å². The maximum absolute atomic E-state index is 13.3. The van der Waals surface area contributed by atoms with Gasteiger partial charge >= 0.3 is 0 Å². The summed E-state index contributed by atoms with van der Waals surface area (Å²) >= 11 is 0. The summed E-state index contributed by atoms with van der Waals surface area (Å²) in [6.45, 7) is 2.53. The van der Waals surface area contributed by atoms with E-state index in [4.69, 9.17) is 4.74 Å². The number of halogens is 1. The van der Waals surface area contributed by atoms with E-state index in [-0.39, 0.29) is 5.82 Å². The van der Waals surface area contributed by atoms with Gasteiger partial charge < -0.3 is 15.4 Å². The Morgan fingerprint density at radius 3 is 2.62 bits per heavy atom. The highest BCUT2D eigenvalue weighted by molar-refractivity contribution is 5.59. The number of nitrogens with one attached hydrogen (secondary N) is 2. The van der Waals surface area contributed by atoms with Gasteiger partial charge in [0.15, 0.2) is 0 Å². The first-order valence-electron chi connectivity index (χ1n) is 8.38. The van der Waals surface area contributed by atoms with Crippen molar-refractivity contribution in [3.63, 3.8) is 0 Å². The second kappa shape index (κ2) is 8.29. The van der Waals surface area contributed by atoms with E-state index in [2.05, 4.69) is 20.6 Å². The van der Waals surface area contributed by atoms with Crippen LogP contribution in [0.3, 0.4) is 0 Å². The number of ether oxygens (including phenoxy) is 1. The fraction of sp³-hybridized carbons (Fsp3) is 0.200. The van der Waals surface area contributed by atoms with Crippen molar-refractivity contribution in [3.8, 4) is 5.75 Å². The first-order chi connectivity index (χ1) is 12.6. The molecule has 1 heterocycles. The molecule has 2 aromatic carbocycles. The zero-order chi connectivity index (χ0) is 18.4. The van der Waals surface area contributed by atoms with Gasteiger partial charge in [-0.3, -0.25) is 0 Å². The summed E-state index contributed by atoms with van der Waals surface area (Å²) in [7, 11) is 1.67. The molecule has 5 nitrogen and oxygen atoms in total. The molecule has 0 spiro atoms. The van der Waals surface area contributed by atoms with Gasteiger partial charge in [-0.1, -0.05) is 24.3 Å². The molecular formula is C20H21FN4O. The lowest BCUT2D eigenvalue weighted by Gasteiger charge is -2.11. The predicted octanol–water partition coefficient (Wildman–Crippen LogP) is 4.33. The Morgan fingerprint density at radius 2 is 1.81 bits per heavy atom. The minimum absolute atomic E-state index is 0.295. The molecule has 0 unspecified atom stereocenters. The number of nitrogens with zero attached hydrogens (tertiary/aromatic N) is 2. The second-order valence-corrected chi connectivity index (χ2v) is 5.81. The van der Waals surface area contributed by atoms with Gasteiger partial charge in [0.05, 0.1) is 7.11 Å². The number of rotatable bonds is 7. The van der Waals surface area contributed by atoms with E-state index in [0.29, 0.717) is 29.7 Å². The average Bonchev–Trinajstić information content (AvgIpc) is 2.62. The Balaban J connectivity index is 1.66. The highest BCUT2D eigenvalue weighted by atomic mass is 19.1. The number of benzene rings is 2. The van der Waals surface area contributed by atoms with Gasteiger partial charge in [0.2, 0.25) is 0 Å². The van der Waals surface area contributed by atoms with E-state index < -0.39 is 0 Å². The number of para-hydroxylation sites is 1. The van der Waals surface area contributed by atoms with Crippen LogP contribution in [0.15, 0.2) is 54.6 Å². The van der Waals surface area contributed by atoms with Crippen molar-refractivity contribution in [1.29, 1.82) is 0 Å². The van der Waals surface area contributed by atoms with Gasteiger partial charge in [-0.2, -0.15) is 0 Å². The fourth-order valence-electron chi connectivity index (χ4n) is 2.67. The summed E-state index contributed by atoms with van der Waals surface area (Å²) in [4.78, 5) is 8.75. The number of aromatic nitrogens is 2. The van der Waals surface area contributed by atoms with E-state index >= 15 is 0 Å². The number of hydrogen-bond acceptors (Lipinski definition) is 5. The van der Waals surface area contributed by atoms with Crippen molar-refractivity contribution in [2.24, 2.45) is 0 Å². The summed E-state index contributed by atoms with van der Waals surface area (Å²) in [5.74, 6) is 2.54. The van der Waals surface area contributed by atoms with Gasteiger partial charge in [-0.15, -0.1) is 0 Å². The van der Waals surface area contributed by atoms with Crippen LogP contribution >= 0.6 is 0 Å². The predicted molar refractivity (Wildman–Crippen MR) is 102 cm³/mol. The van der Waals surface area contributed by atoms with Gasteiger partial charge in [0.25, 0.3) is 0 Å². The van der Waals surface area contributed by atoms with Crippen molar-refractivity contribution in [3.05, 3.63) is 71.8 Å². The molecule has 134 valence electrons. The van der Waals surface area contributed by atoms with Crippen LogP contribution in [0.4, 0.5) is 21.7 Å². The molecule has 1 aromatic heterocycles. The summed E-state index contributed by atoms with van der Waals surface area (Å²) in [6, 6.07) is 16.0. The zero-order valence-electron chi connectivity index (χ0n) is 14.8. The summed E-state index contributed by atoms with van der Waals surface area (Å²) in [6.07, 6.45) is 0.805. The van der Waals surface area contributed by atoms with Crippen LogP contribution in [-0.2, 0) is 6.42 Å². The molecule has 0 amide bonds. The number of methoxy groups -OCH3 is 1. The van der Waals surface area contributed by atoms with Crippen molar-refractivity contribution in [2.75, 3.05) is 24.3 Å². The van der Waals surface area contributed by atoms with E-state index in [0.717, 1.165) is 17.7 Å². The average molecular weight is 352 g/mol. The van der Waals surface area contributed by atoms with Crippen LogP contribution in [0.5, 0.6) is 5.75 Å². The summed E-state index contributed by atoms with van der Waals surface area (Å²) in [5.41, 5.74) is 1.77. The number of hydrogen-bond donors (Lipinski definition) is 2. The topological polar surface area (TPSA) is 59.1 Å². The molecule has 26 heavy (non-hydrogen) atoms. The highest BCUT2D eigenvalue weighted by Crippen LogP contribution is 2.20. The molecule has 0 aliphatic carbocycles. The van der Waals surface area contributed by atoms with E-state index in [1.54, 1.807) is 25.3 Å². The Labute approximate surface area is 152 Å². The van der Waals surface area contributed by atoms with Crippen LogP contribution in [-0.4, -0.2) is 23.6 Å². The monoisotopic (exact) mass is 352 g/mol. The minimum Gasteiger partial charge on any atom is -0.496 e. The second-order valence-electron chi connectivity index (χ2n) is 5.81. The van der Waals surface area contributed by atoms with E-state index in [9.17, 15) is 4.39 Å². The lowest BCUT2D eigenvalue weighted by atomic mass is 10.1. The van der Waals surface area contributed by atoms with Gasteiger partial charge in [-0.05, 0) is 43.2 Å². The highest BCUT2D eigenvalue weighted by Gasteiger charge is 2.05. The summed E-state index contributed by atoms with van der Waals surface area (Å²) in [5, 5.41) is 6.40. The van der Waals surface area contributed by atoms with Gasteiger partial charge in [-0.25, -0.2) is 14.4 Å². The quantitative estimate of drug-likeness (QED) is 0.663. The van der Waals surface area contributed by atoms with Crippen LogP contribution in [0, 0.1) is 12.7 Å². The minimum atomic E-state index is -0.295. The molecule has 0 fully saturated rings. The number of anilines is 3. The van der Waals surface area contributed by atoms with Crippen LogP contribution in [0.1, 0.15) is 11.4 Å². The lowest BCUT2D eigenvalue weighted by Crippen LogP contribution is -2.09. The molecule has 0 aliphatic rings. The largest absolute Gasteiger partial charge is 0.496 e. The first-order valence-corrected chi connectivity index (χ1v) is 8.38. The molecule has 0 saturated heterocycles. The number of aryl methyl sites for hydroxylation is 1. The molecule has 6 heteroatoms. The Morgan fingerprint density at radius 1 is 1.00 bits per heavy atom. The fourth-order valence-corrected chi connectivity index (χ4v) is 2.67. The molecular weight excluding hydrogens is 331 g/mol. The van der Waals surface area contributed by atoms with Gasteiger partial charge in [0, 0.05) is 18.3 Å². The molecule has 0 bridgehead atoms. The molecule has 0 radical (unpaired) electrons. The van der Waals surface area contributed by atoms with Gasteiger partial charge in [0.1, 0.15) is 29.0 Å². The van der Waals surface area contributed by atoms with Crippen molar-refractivity contribution in [2.45, 2.75) is 13.3 Å². The zero-order valence-corrected chi connectivity index (χ0v) is 14.8. The smallest absolute Gasteiger partial charge is 0.136 e. The lowest BCUT2D eigenvalue weighted by molar-refractivity contribution is 0.410. The molecule has 0 atom stereocenters. The maximum atomic E-state index is 13.3. The maximum Gasteiger partial charge on any atom is 0.136 e. The van der Waals surface area contributed by atoms with Crippen molar-refractivity contribution < 1.29 is 9.13 Å².